The standard InChI is InChI=1S/C12H5ClF2N2S/c13-12-11-10(16-5-17-12)7(4-18-11)6-1-2-8(14)9(15)3-6/h1-5H. The van der Waals surface area contributed by atoms with Gasteiger partial charge in [-0.05, 0) is 17.7 Å². The summed E-state index contributed by atoms with van der Waals surface area (Å²) in [5, 5.41) is 2.16. The highest BCUT2D eigenvalue weighted by Gasteiger charge is 2.12. The summed E-state index contributed by atoms with van der Waals surface area (Å²) in [5.41, 5.74) is 1.93. The van der Waals surface area contributed by atoms with E-state index in [1.807, 2.05) is 0 Å². The van der Waals surface area contributed by atoms with Crippen molar-refractivity contribution >= 4 is 33.2 Å². The van der Waals surface area contributed by atoms with E-state index in [-0.39, 0.29) is 0 Å². The van der Waals surface area contributed by atoms with Gasteiger partial charge in [0.25, 0.3) is 0 Å². The number of aromatic nitrogens is 2. The summed E-state index contributed by atoms with van der Waals surface area (Å²) in [6, 6.07) is 3.75. The van der Waals surface area contributed by atoms with Gasteiger partial charge < -0.3 is 0 Å². The number of rotatable bonds is 1. The fourth-order valence-corrected chi connectivity index (χ4v) is 2.87. The molecule has 0 atom stereocenters. The Morgan fingerprint density at radius 1 is 1.11 bits per heavy atom. The number of thiophene rings is 1. The molecule has 0 spiro atoms. The van der Waals surface area contributed by atoms with Crippen LogP contribution in [0.4, 0.5) is 8.78 Å². The third-order valence-corrected chi connectivity index (χ3v) is 3.92. The van der Waals surface area contributed by atoms with Crippen LogP contribution in [0.1, 0.15) is 0 Å². The number of benzene rings is 1. The summed E-state index contributed by atoms with van der Waals surface area (Å²) in [4.78, 5) is 8.01. The number of fused-ring (bicyclic) bond motifs is 1. The van der Waals surface area contributed by atoms with Gasteiger partial charge in [-0.1, -0.05) is 17.7 Å². The third-order valence-electron chi connectivity index (χ3n) is 2.54. The molecule has 0 radical (unpaired) electrons. The summed E-state index contributed by atoms with van der Waals surface area (Å²) < 4.78 is 26.9. The van der Waals surface area contributed by atoms with E-state index in [9.17, 15) is 8.78 Å². The summed E-state index contributed by atoms with van der Waals surface area (Å²) in [6.07, 6.45) is 1.35. The predicted molar refractivity (Wildman–Crippen MR) is 67.8 cm³/mol. The molecule has 0 aliphatic heterocycles. The van der Waals surface area contributed by atoms with Gasteiger partial charge in [-0.2, -0.15) is 0 Å². The van der Waals surface area contributed by atoms with Gasteiger partial charge >= 0.3 is 0 Å². The summed E-state index contributed by atoms with van der Waals surface area (Å²) >= 11 is 7.31. The maximum atomic E-state index is 13.2. The van der Waals surface area contributed by atoms with E-state index in [4.69, 9.17) is 11.6 Å². The van der Waals surface area contributed by atoms with Crippen LogP contribution in [0.3, 0.4) is 0 Å². The molecule has 2 aromatic heterocycles. The van der Waals surface area contributed by atoms with Gasteiger partial charge in [0, 0.05) is 10.9 Å². The van der Waals surface area contributed by atoms with Gasteiger partial charge in [-0.3, -0.25) is 0 Å². The molecular formula is C12H5ClF2N2S. The van der Waals surface area contributed by atoms with Gasteiger partial charge in [0.1, 0.15) is 11.5 Å². The zero-order valence-corrected chi connectivity index (χ0v) is 10.4. The van der Waals surface area contributed by atoms with Crippen molar-refractivity contribution in [2.45, 2.75) is 0 Å². The van der Waals surface area contributed by atoms with Crippen LogP contribution in [0.5, 0.6) is 0 Å². The van der Waals surface area contributed by atoms with Crippen LogP contribution in [0, 0.1) is 11.6 Å². The van der Waals surface area contributed by atoms with Gasteiger partial charge in [0.15, 0.2) is 11.6 Å². The highest BCUT2D eigenvalue weighted by molar-refractivity contribution is 7.18. The molecule has 0 aliphatic carbocycles. The molecule has 6 heteroatoms. The van der Waals surface area contributed by atoms with Crippen molar-refractivity contribution in [2.75, 3.05) is 0 Å². The first-order valence-corrected chi connectivity index (χ1v) is 6.25. The molecule has 3 rings (SSSR count). The fourth-order valence-electron chi connectivity index (χ4n) is 1.69. The minimum atomic E-state index is -0.882. The average Bonchev–Trinajstić information content (AvgIpc) is 2.78. The Morgan fingerprint density at radius 3 is 2.72 bits per heavy atom. The summed E-state index contributed by atoms with van der Waals surface area (Å²) in [6.45, 7) is 0. The molecule has 3 aromatic rings. The van der Waals surface area contributed by atoms with Gasteiger partial charge in [0.05, 0.1) is 10.2 Å². The van der Waals surface area contributed by atoms with Crippen molar-refractivity contribution in [2.24, 2.45) is 0 Å². The largest absolute Gasteiger partial charge is 0.235 e. The zero-order chi connectivity index (χ0) is 12.7. The number of hydrogen-bond donors (Lipinski definition) is 0. The molecular weight excluding hydrogens is 278 g/mol. The summed E-state index contributed by atoms with van der Waals surface area (Å²) in [5.74, 6) is -1.75. The minimum absolute atomic E-state index is 0.360. The molecule has 90 valence electrons. The number of halogens is 3. The normalized spacial score (nSPS) is 11.1. The number of nitrogens with zero attached hydrogens (tertiary/aromatic N) is 2. The lowest BCUT2D eigenvalue weighted by Gasteiger charge is -2.00. The van der Waals surface area contributed by atoms with Crippen molar-refractivity contribution in [3.8, 4) is 11.1 Å². The molecule has 0 bridgehead atoms. The third kappa shape index (κ3) is 1.76. The van der Waals surface area contributed by atoms with E-state index in [0.717, 1.165) is 22.4 Å². The molecule has 0 fully saturated rings. The highest BCUT2D eigenvalue weighted by Crippen LogP contribution is 2.35. The molecule has 0 saturated heterocycles. The summed E-state index contributed by atoms with van der Waals surface area (Å²) in [7, 11) is 0. The first-order valence-electron chi connectivity index (χ1n) is 5.00. The molecule has 0 saturated carbocycles. The average molecular weight is 283 g/mol. The smallest absolute Gasteiger partial charge is 0.159 e. The Bertz CT molecular complexity index is 742. The zero-order valence-electron chi connectivity index (χ0n) is 8.82. The maximum absolute atomic E-state index is 13.2. The Kier molecular flexibility index (Phi) is 2.72. The Balaban J connectivity index is 2.25. The van der Waals surface area contributed by atoms with Crippen LogP contribution in [-0.2, 0) is 0 Å². The van der Waals surface area contributed by atoms with Gasteiger partial charge in [0.2, 0.25) is 0 Å². The predicted octanol–water partition coefficient (Wildman–Crippen LogP) is 4.29. The second-order valence-electron chi connectivity index (χ2n) is 3.62. The van der Waals surface area contributed by atoms with E-state index < -0.39 is 11.6 Å². The topological polar surface area (TPSA) is 25.8 Å². The van der Waals surface area contributed by atoms with Crippen LogP contribution in [-0.4, -0.2) is 9.97 Å². The molecule has 0 aliphatic rings. The molecule has 2 nitrogen and oxygen atoms in total. The molecule has 2 heterocycles. The van der Waals surface area contributed by atoms with Crippen LogP contribution < -0.4 is 0 Å². The number of hydrogen-bond acceptors (Lipinski definition) is 3. The van der Waals surface area contributed by atoms with Crippen LogP contribution >= 0.6 is 22.9 Å². The van der Waals surface area contributed by atoms with Gasteiger partial charge in [-0.25, -0.2) is 18.7 Å². The van der Waals surface area contributed by atoms with E-state index >= 15 is 0 Å². The lowest BCUT2D eigenvalue weighted by atomic mass is 10.1. The molecule has 0 amide bonds. The van der Waals surface area contributed by atoms with Crippen molar-refractivity contribution in [1.82, 2.24) is 9.97 Å². The van der Waals surface area contributed by atoms with Crippen molar-refractivity contribution < 1.29 is 8.78 Å². The van der Waals surface area contributed by atoms with Crippen molar-refractivity contribution in [1.29, 1.82) is 0 Å². The molecule has 0 unspecified atom stereocenters. The van der Waals surface area contributed by atoms with E-state index in [1.165, 1.54) is 23.7 Å². The maximum Gasteiger partial charge on any atom is 0.159 e. The van der Waals surface area contributed by atoms with E-state index in [0.29, 0.717) is 16.2 Å². The Hall–Kier alpha value is -1.59. The van der Waals surface area contributed by atoms with Crippen molar-refractivity contribution in [3.63, 3.8) is 0 Å². The molecule has 18 heavy (non-hydrogen) atoms. The van der Waals surface area contributed by atoms with E-state index in [2.05, 4.69) is 9.97 Å². The van der Waals surface area contributed by atoms with Crippen LogP contribution in [0.15, 0.2) is 29.9 Å². The fraction of sp³-hybridized carbons (Fsp3) is 0. The van der Waals surface area contributed by atoms with Gasteiger partial charge in [-0.15, -0.1) is 11.3 Å². The second kappa shape index (κ2) is 4.26. The monoisotopic (exact) mass is 282 g/mol. The molecule has 1 aromatic carbocycles. The lowest BCUT2D eigenvalue weighted by Crippen LogP contribution is -1.86. The first-order chi connectivity index (χ1) is 8.66. The SMILES string of the molecule is Fc1ccc(-c2csc3c(Cl)ncnc23)cc1F. The second-order valence-corrected chi connectivity index (χ2v) is 4.86. The minimum Gasteiger partial charge on any atom is -0.235 e. The van der Waals surface area contributed by atoms with Crippen molar-refractivity contribution in [3.05, 3.63) is 46.7 Å². The Morgan fingerprint density at radius 2 is 1.94 bits per heavy atom. The molecule has 0 N–H and O–H groups in total. The first kappa shape index (κ1) is 11.5. The Labute approximate surface area is 110 Å². The van der Waals surface area contributed by atoms with E-state index in [1.54, 1.807) is 5.38 Å². The van der Waals surface area contributed by atoms with Crippen LogP contribution in [0.25, 0.3) is 21.3 Å². The highest BCUT2D eigenvalue weighted by atomic mass is 35.5. The lowest BCUT2D eigenvalue weighted by molar-refractivity contribution is 0.509. The van der Waals surface area contributed by atoms with Crippen LogP contribution in [0.2, 0.25) is 5.15 Å². The quantitative estimate of drug-likeness (QED) is 0.622.